The first-order valence-corrected chi connectivity index (χ1v) is 7.41. The van der Waals surface area contributed by atoms with Gasteiger partial charge < -0.3 is 5.73 Å². The molecule has 0 unspecified atom stereocenters. The van der Waals surface area contributed by atoms with Crippen LogP contribution in [-0.2, 0) is 10.2 Å². The SMILES string of the molecule is CCCCN(C)S(=O)(=O)Nc1ccc(N)c(C)c1. The van der Waals surface area contributed by atoms with Crippen LogP contribution in [0.1, 0.15) is 25.3 Å². The second-order valence-electron chi connectivity index (χ2n) is 4.35. The normalized spacial score (nSPS) is 11.8. The zero-order valence-corrected chi connectivity index (χ0v) is 11.9. The number of benzene rings is 1. The summed E-state index contributed by atoms with van der Waals surface area (Å²) >= 11 is 0. The van der Waals surface area contributed by atoms with Gasteiger partial charge in [0.05, 0.1) is 5.69 Å². The van der Waals surface area contributed by atoms with Crippen molar-refractivity contribution in [1.82, 2.24) is 4.31 Å². The minimum absolute atomic E-state index is 0.514. The van der Waals surface area contributed by atoms with Crippen molar-refractivity contribution in [2.24, 2.45) is 0 Å². The highest BCUT2D eigenvalue weighted by Crippen LogP contribution is 2.18. The molecule has 5 nitrogen and oxygen atoms in total. The average Bonchev–Trinajstić information content (AvgIpc) is 2.30. The first-order chi connectivity index (χ1) is 8.36. The van der Waals surface area contributed by atoms with Gasteiger partial charge in [-0.2, -0.15) is 12.7 Å². The third-order valence-electron chi connectivity index (χ3n) is 2.75. The highest BCUT2D eigenvalue weighted by molar-refractivity contribution is 7.90. The smallest absolute Gasteiger partial charge is 0.301 e. The molecule has 0 saturated carbocycles. The molecule has 0 aliphatic heterocycles. The molecule has 0 radical (unpaired) electrons. The molecule has 0 saturated heterocycles. The van der Waals surface area contributed by atoms with Gasteiger partial charge in [0.1, 0.15) is 0 Å². The predicted octanol–water partition coefficient (Wildman–Crippen LogP) is 1.97. The summed E-state index contributed by atoms with van der Waals surface area (Å²) in [6.07, 6.45) is 1.80. The summed E-state index contributed by atoms with van der Waals surface area (Å²) in [4.78, 5) is 0. The fourth-order valence-electron chi connectivity index (χ4n) is 1.47. The predicted molar refractivity (Wildman–Crippen MR) is 75.7 cm³/mol. The average molecular weight is 271 g/mol. The van der Waals surface area contributed by atoms with E-state index in [1.54, 1.807) is 25.2 Å². The van der Waals surface area contributed by atoms with Crippen molar-refractivity contribution < 1.29 is 8.42 Å². The first kappa shape index (κ1) is 14.8. The van der Waals surface area contributed by atoms with Gasteiger partial charge in [-0.15, -0.1) is 0 Å². The van der Waals surface area contributed by atoms with E-state index in [1.807, 2.05) is 13.8 Å². The van der Waals surface area contributed by atoms with Crippen LogP contribution in [0.4, 0.5) is 11.4 Å². The summed E-state index contributed by atoms with van der Waals surface area (Å²) in [5.74, 6) is 0. The number of nitrogens with one attached hydrogen (secondary N) is 1. The summed E-state index contributed by atoms with van der Waals surface area (Å²) in [7, 11) is -1.90. The highest BCUT2D eigenvalue weighted by Gasteiger charge is 2.16. The van der Waals surface area contributed by atoms with Gasteiger partial charge in [0.2, 0.25) is 0 Å². The zero-order valence-electron chi connectivity index (χ0n) is 11.1. The molecule has 0 aliphatic rings. The lowest BCUT2D eigenvalue weighted by molar-refractivity contribution is 0.463. The quantitative estimate of drug-likeness (QED) is 0.777. The van der Waals surface area contributed by atoms with Crippen molar-refractivity contribution in [2.45, 2.75) is 26.7 Å². The van der Waals surface area contributed by atoms with E-state index in [0.717, 1.165) is 18.4 Å². The monoisotopic (exact) mass is 271 g/mol. The van der Waals surface area contributed by atoms with Crippen molar-refractivity contribution in [1.29, 1.82) is 0 Å². The van der Waals surface area contributed by atoms with E-state index in [2.05, 4.69) is 4.72 Å². The maximum atomic E-state index is 12.0. The van der Waals surface area contributed by atoms with Crippen LogP contribution in [0.2, 0.25) is 0 Å². The molecule has 1 aromatic carbocycles. The van der Waals surface area contributed by atoms with Gasteiger partial charge in [0.15, 0.2) is 0 Å². The lowest BCUT2D eigenvalue weighted by Crippen LogP contribution is -2.33. The number of nitrogen functional groups attached to an aromatic ring is 1. The Morgan fingerprint density at radius 1 is 1.39 bits per heavy atom. The molecular weight excluding hydrogens is 250 g/mol. The molecule has 1 aromatic rings. The molecule has 102 valence electrons. The number of aryl methyl sites for hydroxylation is 1. The Kier molecular flexibility index (Phi) is 4.98. The second-order valence-corrected chi connectivity index (χ2v) is 6.13. The molecule has 0 bridgehead atoms. The lowest BCUT2D eigenvalue weighted by Gasteiger charge is -2.18. The maximum absolute atomic E-state index is 12.0. The summed E-state index contributed by atoms with van der Waals surface area (Å²) in [6.45, 7) is 4.38. The van der Waals surface area contributed by atoms with Gasteiger partial charge in [-0.05, 0) is 37.1 Å². The Morgan fingerprint density at radius 2 is 2.06 bits per heavy atom. The Labute approximate surface area is 109 Å². The number of rotatable bonds is 6. The Morgan fingerprint density at radius 3 is 2.61 bits per heavy atom. The van der Waals surface area contributed by atoms with E-state index in [1.165, 1.54) is 4.31 Å². The molecule has 6 heteroatoms. The van der Waals surface area contributed by atoms with E-state index in [9.17, 15) is 8.42 Å². The van der Waals surface area contributed by atoms with Gasteiger partial charge in [0, 0.05) is 19.3 Å². The Bertz CT molecular complexity index is 500. The number of nitrogens with zero attached hydrogens (tertiary/aromatic N) is 1. The van der Waals surface area contributed by atoms with Crippen molar-refractivity contribution in [3.63, 3.8) is 0 Å². The van der Waals surface area contributed by atoms with Crippen LogP contribution in [0.15, 0.2) is 18.2 Å². The Hall–Kier alpha value is -1.27. The molecule has 0 aromatic heterocycles. The molecular formula is C12H21N3O2S. The summed E-state index contributed by atoms with van der Waals surface area (Å²) < 4.78 is 27.8. The molecule has 0 amide bonds. The van der Waals surface area contributed by atoms with E-state index in [0.29, 0.717) is 17.9 Å². The zero-order chi connectivity index (χ0) is 13.8. The van der Waals surface area contributed by atoms with Crippen LogP contribution < -0.4 is 10.5 Å². The van der Waals surface area contributed by atoms with Crippen LogP contribution in [0.5, 0.6) is 0 Å². The maximum Gasteiger partial charge on any atom is 0.301 e. The van der Waals surface area contributed by atoms with Gasteiger partial charge in [-0.1, -0.05) is 13.3 Å². The summed E-state index contributed by atoms with van der Waals surface area (Å²) in [5.41, 5.74) is 7.73. The van der Waals surface area contributed by atoms with Crippen LogP contribution in [0, 0.1) is 6.92 Å². The fourth-order valence-corrected chi connectivity index (χ4v) is 2.42. The van der Waals surface area contributed by atoms with Crippen molar-refractivity contribution >= 4 is 21.6 Å². The molecule has 1 rings (SSSR count). The molecule has 3 N–H and O–H groups in total. The minimum Gasteiger partial charge on any atom is -0.399 e. The van der Waals surface area contributed by atoms with Crippen LogP contribution >= 0.6 is 0 Å². The number of hydrogen-bond donors (Lipinski definition) is 2. The third kappa shape index (κ3) is 3.89. The molecule has 0 atom stereocenters. The number of anilines is 2. The number of hydrogen-bond acceptors (Lipinski definition) is 3. The molecule has 0 fully saturated rings. The first-order valence-electron chi connectivity index (χ1n) is 5.97. The van der Waals surface area contributed by atoms with Crippen LogP contribution in [0.3, 0.4) is 0 Å². The minimum atomic E-state index is -3.47. The standard InChI is InChI=1S/C12H21N3O2S/c1-4-5-8-15(3)18(16,17)14-11-6-7-12(13)10(2)9-11/h6-7,9,14H,4-5,8,13H2,1-3H3. The van der Waals surface area contributed by atoms with E-state index >= 15 is 0 Å². The number of unbranched alkanes of at least 4 members (excludes halogenated alkanes) is 1. The molecule has 0 spiro atoms. The molecule has 18 heavy (non-hydrogen) atoms. The van der Waals surface area contributed by atoms with Crippen LogP contribution in [-0.4, -0.2) is 26.3 Å². The third-order valence-corrected chi connectivity index (χ3v) is 4.25. The van der Waals surface area contributed by atoms with Crippen molar-refractivity contribution in [2.75, 3.05) is 24.0 Å². The van der Waals surface area contributed by atoms with Crippen molar-refractivity contribution in [3.8, 4) is 0 Å². The topological polar surface area (TPSA) is 75.4 Å². The van der Waals surface area contributed by atoms with Crippen LogP contribution in [0.25, 0.3) is 0 Å². The van der Waals surface area contributed by atoms with Gasteiger partial charge in [-0.25, -0.2) is 0 Å². The fraction of sp³-hybridized carbons (Fsp3) is 0.500. The van der Waals surface area contributed by atoms with E-state index in [-0.39, 0.29) is 0 Å². The van der Waals surface area contributed by atoms with Gasteiger partial charge >= 0.3 is 10.2 Å². The Balaban J connectivity index is 2.78. The number of nitrogens with two attached hydrogens (primary N) is 1. The molecule has 0 aliphatic carbocycles. The van der Waals surface area contributed by atoms with E-state index < -0.39 is 10.2 Å². The van der Waals surface area contributed by atoms with Gasteiger partial charge in [0.25, 0.3) is 0 Å². The highest BCUT2D eigenvalue weighted by atomic mass is 32.2. The molecule has 0 heterocycles. The lowest BCUT2D eigenvalue weighted by atomic mass is 10.2. The largest absolute Gasteiger partial charge is 0.399 e. The van der Waals surface area contributed by atoms with E-state index in [4.69, 9.17) is 5.73 Å². The van der Waals surface area contributed by atoms with Gasteiger partial charge in [-0.3, -0.25) is 4.72 Å². The second kappa shape index (κ2) is 6.06. The summed E-state index contributed by atoms with van der Waals surface area (Å²) in [5, 5.41) is 0. The summed E-state index contributed by atoms with van der Waals surface area (Å²) in [6, 6.07) is 5.08. The van der Waals surface area contributed by atoms with Crippen molar-refractivity contribution in [3.05, 3.63) is 23.8 Å².